The van der Waals surface area contributed by atoms with E-state index in [2.05, 4.69) is 11.9 Å². The molecule has 0 unspecified atom stereocenters. The van der Waals surface area contributed by atoms with Crippen LogP contribution in [0.15, 0.2) is 103 Å². The van der Waals surface area contributed by atoms with Crippen LogP contribution in [-0.4, -0.2) is 26.7 Å². The minimum absolute atomic E-state index is 0.0780. The van der Waals surface area contributed by atoms with Crippen LogP contribution < -0.4 is 4.74 Å². The maximum Gasteiger partial charge on any atom is 0.295 e. The summed E-state index contributed by atoms with van der Waals surface area (Å²) in [7, 11) is 0. The number of rotatable bonds is 8. The number of carbonyl (C=O) groups excluding carboxylic acids is 2. The average Bonchev–Trinajstić information content (AvgIpc) is 3.22. The Labute approximate surface area is 228 Å². The first-order chi connectivity index (χ1) is 19.0. The van der Waals surface area contributed by atoms with Crippen molar-refractivity contribution in [2.24, 2.45) is 0 Å². The molecule has 3 aromatic carbocycles. The van der Waals surface area contributed by atoms with Crippen LogP contribution in [0.25, 0.3) is 5.76 Å². The Morgan fingerprint density at radius 2 is 1.67 bits per heavy atom. The van der Waals surface area contributed by atoms with Crippen LogP contribution in [0, 0.1) is 6.92 Å². The molecule has 0 saturated carbocycles. The highest BCUT2D eigenvalue weighted by molar-refractivity contribution is 6.46. The van der Waals surface area contributed by atoms with Gasteiger partial charge in [0.15, 0.2) is 0 Å². The molecule has 1 atom stereocenters. The maximum absolute atomic E-state index is 13.4. The zero-order valence-electron chi connectivity index (χ0n) is 22.0. The van der Waals surface area contributed by atoms with E-state index in [0.717, 1.165) is 34.2 Å². The lowest BCUT2D eigenvalue weighted by molar-refractivity contribution is -0.140. The van der Waals surface area contributed by atoms with Crippen molar-refractivity contribution in [1.82, 2.24) is 9.88 Å². The maximum atomic E-state index is 13.4. The minimum Gasteiger partial charge on any atom is -0.507 e. The Balaban J connectivity index is 1.52. The summed E-state index contributed by atoms with van der Waals surface area (Å²) in [5.74, 6) is -0.898. The second kappa shape index (κ2) is 11.4. The first-order valence-corrected chi connectivity index (χ1v) is 13.0. The molecule has 0 radical (unpaired) electrons. The predicted molar refractivity (Wildman–Crippen MR) is 150 cm³/mol. The summed E-state index contributed by atoms with van der Waals surface area (Å²) in [6.45, 7) is 4.53. The van der Waals surface area contributed by atoms with E-state index in [0.29, 0.717) is 17.9 Å². The smallest absolute Gasteiger partial charge is 0.295 e. The van der Waals surface area contributed by atoms with E-state index < -0.39 is 17.7 Å². The lowest BCUT2D eigenvalue weighted by atomic mass is 9.93. The summed E-state index contributed by atoms with van der Waals surface area (Å²) in [4.78, 5) is 32.4. The third-order valence-electron chi connectivity index (χ3n) is 7.02. The van der Waals surface area contributed by atoms with Crippen LogP contribution >= 0.6 is 0 Å². The zero-order chi connectivity index (χ0) is 27.4. The van der Waals surface area contributed by atoms with Crippen molar-refractivity contribution in [3.63, 3.8) is 0 Å². The monoisotopic (exact) mass is 518 g/mol. The van der Waals surface area contributed by atoms with Crippen molar-refractivity contribution in [1.29, 1.82) is 0 Å². The summed E-state index contributed by atoms with van der Waals surface area (Å²) >= 11 is 0. The first-order valence-electron chi connectivity index (χ1n) is 13.0. The van der Waals surface area contributed by atoms with E-state index >= 15 is 0 Å². The largest absolute Gasteiger partial charge is 0.507 e. The predicted octanol–water partition coefficient (Wildman–Crippen LogP) is 6.15. The molecule has 1 aliphatic heterocycles. The average molecular weight is 519 g/mol. The quantitative estimate of drug-likeness (QED) is 0.172. The van der Waals surface area contributed by atoms with Gasteiger partial charge in [-0.25, -0.2) is 0 Å². The minimum atomic E-state index is -0.732. The Morgan fingerprint density at radius 1 is 0.923 bits per heavy atom. The zero-order valence-corrected chi connectivity index (χ0v) is 22.0. The standard InChI is InChI=1S/C33H30N2O4/c1-3-23-11-13-26(14-12-23)30-29(32(37)33(38)35(30)20-25-10-7-17-34-19-25)31(36)28-16-15-27(18-22(28)2)39-21-24-8-5-4-6-9-24/h4-19,30,36H,3,20-21H2,1-2H3/t30-/m1/s1. The van der Waals surface area contributed by atoms with E-state index in [9.17, 15) is 14.7 Å². The van der Waals surface area contributed by atoms with E-state index in [1.807, 2.05) is 73.7 Å². The molecule has 1 N–H and O–H groups in total. The second-order valence-corrected chi connectivity index (χ2v) is 9.63. The van der Waals surface area contributed by atoms with Crippen molar-refractivity contribution < 1.29 is 19.4 Å². The number of amides is 1. The fraction of sp³-hybridized carbons (Fsp3) is 0.182. The molecule has 1 fully saturated rings. The third kappa shape index (κ3) is 5.46. The summed E-state index contributed by atoms with van der Waals surface area (Å²) in [5.41, 5.74) is 5.04. The molecular weight excluding hydrogens is 488 g/mol. The van der Waals surface area contributed by atoms with E-state index in [4.69, 9.17) is 4.74 Å². The van der Waals surface area contributed by atoms with Gasteiger partial charge in [-0.15, -0.1) is 0 Å². The number of likely N-dealkylation sites (tertiary alicyclic amines) is 1. The number of benzene rings is 3. The van der Waals surface area contributed by atoms with Crippen LogP contribution in [0.3, 0.4) is 0 Å². The number of aryl methyl sites for hydroxylation is 2. The third-order valence-corrected chi connectivity index (χ3v) is 7.02. The van der Waals surface area contributed by atoms with Gasteiger partial charge in [0.1, 0.15) is 18.1 Å². The molecule has 1 aromatic heterocycles. The second-order valence-electron chi connectivity index (χ2n) is 9.63. The highest BCUT2D eigenvalue weighted by atomic mass is 16.5. The molecule has 4 aromatic rings. The van der Waals surface area contributed by atoms with Gasteiger partial charge in [-0.3, -0.25) is 14.6 Å². The van der Waals surface area contributed by atoms with Gasteiger partial charge in [0.25, 0.3) is 11.7 Å². The van der Waals surface area contributed by atoms with Gasteiger partial charge in [-0.05, 0) is 65.4 Å². The first kappa shape index (κ1) is 25.9. The number of Topliss-reactive ketones (excluding diaryl/α,β-unsaturated/α-hetero) is 1. The molecule has 0 spiro atoms. The number of carbonyl (C=O) groups is 2. The summed E-state index contributed by atoms with van der Waals surface area (Å²) < 4.78 is 5.93. The molecule has 1 saturated heterocycles. The lowest BCUT2D eigenvalue weighted by Crippen LogP contribution is -2.29. The van der Waals surface area contributed by atoms with Crippen molar-refractivity contribution in [2.45, 2.75) is 39.5 Å². The Kier molecular flexibility index (Phi) is 7.55. The van der Waals surface area contributed by atoms with Crippen LogP contribution in [0.4, 0.5) is 0 Å². The van der Waals surface area contributed by atoms with Crippen LogP contribution in [-0.2, 0) is 29.2 Å². The number of nitrogens with zero attached hydrogens (tertiary/aromatic N) is 2. The molecule has 6 nitrogen and oxygen atoms in total. The van der Waals surface area contributed by atoms with Crippen LogP contribution in [0.1, 0.15) is 46.3 Å². The van der Waals surface area contributed by atoms with Crippen molar-refractivity contribution >= 4 is 17.4 Å². The molecule has 6 heteroatoms. The van der Waals surface area contributed by atoms with Crippen molar-refractivity contribution in [2.75, 3.05) is 0 Å². The van der Waals surface area contributed by atoms with E-state index in [-0.39, 0.29) is 17.9 Å². The van der Waals surface area contributed by atoms with Crippen molar-refractivity contribution in [3.8, 4) is 5.75 Å². The molecule has 5 rings (SSSR count). The summed E-state index contributed by atoms with van der Waals surface area (Å²) in [6.07, 6.45) is 4.21. The number of aliphatic hydroxyl groups is 1. The number of hydrogen-bond acceptors (Lipinski definition) is 5. The number of aromatic nitrogens is 1. The molecular formula is C33H30N2O4. The number of pyridine rings is 1. The van der Waals surface area contributed by atoms with Crippen LogP contribution in [0.5, 0.6) is 5.75 Å². The van der Waals surface area contributed by atoms with Gasteiger partial charge >= 0.3 is 0 Å². The highest BCUT2D eigenvalue weighted by Crippen LogP contribution is 2.41. The Morgan fingerprint density at radius 3 is 2.33 bits per heavy atom. The summed E-state index contributed by atoms with van der Waals surface area (Å²) in [6, 6.07) is 25.9. The molecule has 0 aliphatic carbocycles. The number of ether oxygens (including phenoxy) is 1. The summed E-state index contributed by atoms with van der Waals surface area (Å²) in [5, 5.41) is 11.5. The number of ketones is 1. The van der Waals surface area contributed by atoms with Gasteiger partial charge < -0.3 is 14.7 Å². The topological polar surface area (TPSA) is 79.7 Å². The van der Waals surface area contributed by atoms with Gasteiger partial charge in [0.05, 0.1) is 11.6 Å². The SMILES string of the molecule is CCc1ccc([C@@H]2C(=C(O)c3ccc(OCc4ccccc4)cc3C)C(=O)C(=O)N2Cc2cccnc2)cc1. The van der Waals surface area contributed by atoms with Gasteiger partial charge in [0.2, 0.25) is 0 Å². The number of aliphatic hydroxyl groups excluding tert-OH is 1. The van der Waals surface area contributed by atoms with Gasteiger partial charge in [-0.2, -0.15) is 0 Å². The van der Waals surface area contributed by atoms with Gasteiger partial charge in [0, 0.05) is 24.5 Å². The Bertz CT molecular complexity index is 1510. The molecule has 196 valence electrons. The fourth-order valence-electron chi connectivity index (χ4n) is 4.89. The molecule has 39 heavy (non-hydrogen) atoms. The van der Waals surface area contributed by atoms with Gasteiger partial charge in [-0.1, -0.05) is 67.6 Å². The van der Waals surface area contributed by atoms with Crippen molar-refractivity contribution in [3.05, 3.63) is 136 Å². The Hall–Kier alpha value is -4.71. The van der Waals surface area contributed by atoms with Crippen LogP contribution in [0.2, 0.25) is 0 Å². The lowest BCUT2D eigenvalue weighted by Gasteiger charge is -2.25. The molecule has 0 bridgehead atoms. The number of hydrogen-bond donors (Lipinski definition) is 1. The molecule has 2 heterocycles. The fourth-order valence-corrected chi connectivity index (χ4v) is 4.89. The van der Waals surface area contributed by atoms with E-state index in [1.165, 1.54) is 4.90 Å². The highest BCUT2D eigenvalue weighted by Gasteiger charge is 2.46. The molecule has 1 aliphatic rings. The molecule has 1 amide bonds. The normalized spacial score (nSPS) is 16.5. The van der Waals surface area contributed by atoms with E-state index in [1.54, 1.807) is 30.6 Å².